The van der Waals surface area contributed by atoms with Crippen molar-refractivity contribution in [1.82, 2.24) is 9.55 Å². The summed E-state index contributed by atoms with van der Waals surface area (Å²) in [6.45, 7) is 4.05. The number of nitrogens with zero attached hydrogens (tertiary/aromatic N) is 2. The van der Waals surface area contributed by atoms with Gasteiger partial charge in [-0.2, -0.15) is 0 Å². The minimum absolute atomic E-state index is 0.0195. The van der Waals surface area contributed by atoms with Crippen LogP contribution in [0.3, 0.4) is 0 Å². The Bertz CT molecular complexity index is 652. The van der Waals surface area contributed by atoms with Gasteiger partial charge in [-0.05, 0) is 31.0 Å². The molecule has 1 aromatic heterocycles. The summed E-state index contributed by atoms with van der Waals surface area (Å²) in [5.41, 5.74) is 3.02. The highest BCUT2D eigenvalue weighted by molar-refractivity contribution is 7.99. The number of methoxy groups -OCH3 is 1. The fourth-order valence-electron chi connectivity index (χ4n) is 2.08. The van der Waals surface area contributed by atoms with E-state index in [9.17, 15) is 4.79 Å². The Hall–Kier alpha value is -1.95. The molecule has 0 aliphatic carbocycles. The molecule has 6 heteroatoms. The lowest BCUT2D eigenvalue weighted by molar-refractivity contribution is -0.133. The van der Waals surface area contributed by atoms with Gasteiger partial charge in [0.25, 0.3) is 0 Å². The second kappa shape index (κ2) is 6.67. The summed E-state index contributed by atoms with van der Waals surface area (Å²) in [6.07, 6.45) is 2.59. The molecule has 0 aliphatic heterocycles. The number of hydrogen-bond donors (Lipinski definition) is 1. The first-order valence-electron chi connectivity index (χ1n) is 6.63. The third-order valence-electron chi connectivity index (χ3n) is 3.06. The molecule has 2 aromatic rings. The average molecular weight is 306 g/mol. The largest absolute Gasteiger partial charge is 0.495 e. The highest BCUT2D eigenvalue weighted by Gasteiger charge is 2.16. The molecule has 0 aliphatic rings. The first-order chi connectivity index (χ1) is 10.1. The van der Waals surface area contributed by atoms with Gasteiger partial charge in [-0.25, -0.2) is 4.98 Å². The van der Waals surface area contributed by atoms with E-state index < -0.39 is 5.97 Å². The van der Waals surface area contributed by atoms with E-state index in [2.05, 4.69) is 4.98 Å². The van der Waals surface area contributed by atoms with Gasteiger partial charge in [-0.15, -0.1) is 0 Å². The van der Waals surface area contributed by atoms with Crippen LogP contribution in [-0.4, -0.2) is 33.5 Å². The molecule has 0 atom stereocenters. The summed E-state index contributed by atoms with van der Waals surface area (Å²) in [7, 11) is 1.63. The highest BCUT2D eigenvalue weighted by Crippen LogP contribution is 2.30. The number of imidazole rings is 1. The van der Waals surface area contributed by atoms with Gasteiger partial charge in [-0.3, -0.25) is 9.36 Å². The van der Waals surface area contributed by atoms with Crippen molar-refractivity contribution < 1.29 is 14.6 Å². The van der Waals surface area contributed by atoms with Crippen LogP contribution in [0.4, 0.5) is 0 Å². The summed E-state index contributed by atoms with van der Waals surface area (Å²) in [5.74, 6) is -0.136. The first kappa shape index (κ1) is 15.4. The van der Waals surface area contributed by atoms with Crippen LogP contribution in [0.2, 0.25) is 0 Å². The second-order valence-electron chi connectivity index (χ2n) is 4.58. The van der Waals surface area contributed by atoms with Crippen molar-refractivity contribution in [3.8, 4) is 11.4 Å². The zero-order chi connectivity index (χ0) is 15.4. The van der Waals surface area contributed by atoms with Crippen molar-refractivity contribution in [1.29, 1.82) is 0 Å². The van der Waals surface area contributed by atoms with Crippen LogP contribution in [0.25, 0.3) is 5.69 Å². The third-order valence-corrected chi connectivity index (χ3v) is 4.00. The molecule has 1 aromatic carbocycles. The summed E-state index contributed by atoms with van der Waals surface area (Å²) >= 11 is 1.21. The molecular weight excluding hydrogens is 288 g/mol. The maximum Gasteiger partial charge on any atom is 0.313 e. The number of thioether (sulfide) groups is 1. The number of hydrogen-bond acceptors (Lipinski definition) is 4. The molecule has 0 bridgehead atoms. The van der Waals surface area contributed by atoms with Gasteiger partial charge < -0.3 is 9.84 Å². The fraction of sp³-hybridized carbons (Fsp3) is 0.333. The third kappa shape index (κ3) is 3.39. The number of carbonyl (C=O) groups is 1. The molecule has 0 amide bonds. The number of benzene rings is 1. The van der Waals surface area contributed by atoms with Crippen LogP contribution in [0.15, 0.2) is 29.6 Å². The molecule has 0 unspecified atom stereocenters. The van der Waals surface area contributed by atoms with E-state index in [1.807, 2.05) is 36.6 Å². The maximum atomic E-state index is 10.8. The van der Waals surface area contributed by atoms with Crippen molar-refractivity contribution in [3.05, 3.63) is 35.7 Å². The normalized spacial score (nSPS) is 10.6. The Morgan fingerprint density at radius 2 is 2.24 bits per heavy atom. The van der Waals surface area contributed by atoms with Crippen LogP contribution in [0.5, 0.6) is 5.75 Å². The van der Waals surface area contributed by atoms with Crippen LogP contribution in [-0.2, 0) is 11.2 Å². The topological polar surface area (TPSA) is 64.3 Å². The summed E-state index contributed by atoms with van der Waals surface area (Å²) < 4.78 is 7.40. The van der Waals surface area contributed by atoms with Gasteiger partial charge in [0.2, 0.25) is 0 Å². The van der Waals surface area contributed by atoms with E-state index in [4.69, 9.17) is 9.84 Å². The predicted octanol–water partition coefficient (Wildman–Crippen LogP) is 2.93. The van der Waals surface area contributed by atoms with E-state index >= 15 is 0 Å². The summed E-state index contributed by atoms with van der Waals surface area (Å²) in [5, 5.41) is 9.53. The first-order valence-corrected chi connectivity index (χ1v) is 7.61. The zero-order valence-corrected chi connectivity index (χ0v) is 13.1. The molecule has 0 fully saturated rings. The van der Waals surface area contributed by atoms with Gasteiger partial charge >= 0.3 is 5.97 Å². The zero-order valence-electron chi connectivity index (χ0n) is 12.3. The monoisotopic (exact) mass is 306 g/mol. The molecule has 1 N–H and O–H groups in total. The van der Waals surface area contributed by atoms with E-state index in [-0.39, 0.29) is 5.75 Å². The fourth-order valence-corrected chi connectivity index (χ4v) is 2.80. The van der Waals surface area contributed by atoms with Crippen LogP contribution in [0, 0.1) is 6.92 Å². The lowest BCUT2D eigenvalue weighted by Crippen LogP contribution is -2.06. The van der Waals surface area contributed by atoms with Gasteiger partial charge in [0.15, 0.2) is 5.16 Å². The van der Waals surface area contributed by atoms with Crippen LogP contribution < -0.4 is 4.74 Å². The Labute approximate surface area is 128 Å². The number of aromatic nitrogens is 2. The number of rotatable bonds is 6. The van der Waals surface area contributed by atoms with Crippen molar-refractivity contribution in [2.75, 3.05) is 12.9 Å². The molecule has 2 rings (SSSR count). The van der Waals surface area contributed by atoms with Gasteiger partial charge in [0, 0.05) is 11.9 Å². The minimum Gasteiger partial charge on any atom is -0.495 e. The smallest absolute Gasteiger partial charge is 0.313 e. The van der Waals surface area contributed by atoms with Crippen molar-refractivity contribution in [3.63, 3.8) is 0 Å². The quantitative estimate of drug-likeness (QED) is 0.831. The lowest BCUT2D eigenvalue weighted by atomic mass is 10.2. The second-order valence-corrected chi connectivity index (χ2v) is 5.52. The van der Waals surface area contributed by atoms with E-state index in [0.29, 0.717) is 5.16 Å². The number of ether oxygens (including phenoxy) is 1. The minimum atomic E-state index is -0.858. The average Bonchev–Trinajstić information content (AvgIpc) is 2.87. The number of carboxylic acid groups (broad SMARTS) is 1. The predicted molar refractivity (Wildman–Crippen MR) is 82.6 cm³/mol. The Morgan fingerprint density at radius 3 is 2.86 bits per heavy atom. The molecule has 112 valence electrons. The molecule has 1 heterocycles. The summed E-state index contributed by atoms with van der Waals surface area (Å²) in [4.78, 5) is 15.1. The van der Waals surface area contributed by atoms with E-state index in [0.717, 1.165) is 29.1 Å². The van der Waals surface area contributed by atoms with Crippen LogP contribution >= 0.6 is 11.8 Å². The maximum absolute atomic E-state index is 10.8. The van der Waals surface area contributed by atoms with Crippen LogP contribution in [0.1, 0.15) is 18.2 Å². The molecule has 0 spiro atoms. The number of aliphatic carboxylic acids is 1. The van der Waals surface area contributed by atoms with E-state index in [1.54, 1.807) is 13.3 Å². The number of aryl methyl sites for hydroxylation is 2. The highest BCUT2D eigenvalue weighted by atomic mass is 32.2. The Balaban J connectivity index is 2.53. The van der Waals surface area contributed by atoms with E-state index in [1.165, 1.54) is 11.8 Å². The SMILES string of the molecule is CCc1cnc(SCC(=O)O)n1-c1cc(C)ccc1OC. The van der Waals surface area contributed by atoms with Crippen molar-refractivity contribution >= 4 is 17.7 Å². The van der Waals surface area contributed by atoms with Gasteiger partial charge in [0.1, 0.15) is 5.75 Å². The standard InChI is InChI=1S/C15H18N2O3S/c1-4-11-8-16-15(21-9-14(18)19)17(11)12-7-10(2)5-6-13(12)20-3/h5-8H,4,9H2,1-3H3,(H,18,19). The molecule has 0 saturated carbocycles. The molecule has 5 nitrogen and oxygen atoms in total. The van der Waals surface area contributed by atoms with Crippen molar-refractivity contribution in [2.45, 2.75) is 25.4 Å². The number of carboxylic acids is 1. The Kier molecular flexibility index (Phi) is 4.90. The van der Waals surface area contributed by atoms with Gasteiger partial charge in [-0.1, -0.05) is 24.8 Å². The van der Waals surface area contributed by atoms with Crippen molar-refractivity contribution in [2.24, 2.45) is 0 Å². The van der Waals surface area contributed by atoms with Gasteiger partial charge in [0.05, 0.1) is 18.6 Å². The molecular formula is C15H18N2O3S. The molecule has 0 radical (unpaired) electrons. The molecule has 21 heavy (non-hydrogen) atoms. The lowest BCUT2D eigenvalue weighted by Gasteiger charge is -2.15. The Morgan fingerprint density at radius 1 is 1.48 bits per heavy atom. The summed E-state index contributed by atoms with van der Waals surface area (Å²) in [6, 6.07) is 5.91. The molecule has 0 saturated heterocycles.